The van der Waals surface area contributed by atoms with Gasteiger partial charge in [0.05, 0.1) is 0 Å². The molecule has 0 saturated heterocycles. The standard InChI is InChI=1S/C10H10O.C9H8O/c1-9(8-11)7-10-5-3-2-4-6-10;10-8-4-7-9-5-2-1-3-6-9/h2-8H,1H3;1-8H. The Balaban J connectivity index is 0.000000211. The van der Waals surface area contributed by atoms with Crippen molar-refractivity contribution in [1.29, 1.82) is 0 Å². The van der Waals surface area contributed by atoms with Gasteiger partial charge in [-0.15, -0.1) is 0 Å². The van der Waals surface area contributed by atoms with E-state index in [1.807, 2.05) is 66.7 Å². The van der Waals surface area contributed by atoms with E-state index in [0.717, 1.165) is 29.3 Å². The predicted octanol–water partition coefficient (Wildman–Crippen LogP) is 4.19. The van der Waals surface area contributed by atoms with Crippen LogP contribution in [0.15, 0.2) is 72.3 Å². The molecule has 2 nitrogen and oxygen atoms in total. The molecule has 2 heteroatoms. The van der Waals surface area contributed by atoms with Gasteiger partial charge in [0.1, 0.15) is 12.6 Å². The largest absolute Gasteiger partial charge is 0.299 e. The minimum absolute atomic E-state index is 0.746. The van der Waals surface area contributed by atoms with Crippen LogP contribution < -0.4 is 0 Å². The molecule has 0 aliphatic carbocycles. The van der Waals surface area contributed by atoms with Crippen molar-refractivity contribution in [3.05, 3.63) is 83.4 Å². The van der Waals surface area contributed by atoms with Crippen molar-refractivity contribution >= 4 is 24.7 Å². The van der Waals surface area contributed by atoms with Crippen molar-refractivity contribution in [2.75, 3.05) is 0 Å². The number of hydrogen-bond acceptors (Lipinski definition) is 2. The van der Waals surface area contributed by atoms with Crippen LogP contribution in [0.2, 0.25) is 0 Å². The van der Waals surface area contributed by atoms with Crippen molar-refractivity contribution in [2.24, 2.45) is 0 Å². The van der Waals surface area contributed by atoms with Gasteiger partial charge in [-0.1, -0.05) is 66.7 Å². The third kappa shape index (κ3) is 7.43. The fraction of sp³-hybridized carbons (Fsp3) is 0.0526. The molecule has 0 bridgehead atoms. The van der Waals surface area contributed by atoms with Gasteiger partial charge in [-0.05, 0) is 35.8 Å². The summed E-state index contributed by atoms with van der Waals surface area (Å²) >= 11 is 0. The minimum Gasteiger partial charge on any atom is -0.299 e. The maximum absolute atomic E-state index is 10.2. The van der Waals surface area contributed by atoms with Gasteiger partial charge in [-0.2, -0.15) is 0 Å². The number of carbonyl (C=O) groups excluding carboxylic acids is 2. The van der Waals surface area contributed by atoms with Gasteiger partial charge in [-0.25, -0.2) is 0 Å². The van der Waals surface area contributed by atoms with Gasteiger partial charge >= 0.3 is 0 Å². The zero-order chi connectivity index (χ0) is 15.3. The van der Waals surface area contributed by atoms with Gasteiger partial charge < -0.3 is 0 Å². The summed E-state index contributed by atoms with van der Waals surface area (Å²) in [4.78, 5) is 20.1. The highest BCUT2D eigenvalue weighted by Crippen LogP contribution is 2.03. The lowest BCUT2D eigenvalue weighted by molar-refractivity contribution is -0.105. The summed E-state index contributed by atoms with van der Waals surface area (Å²) in [5, 5.41) is 0. The van der Waals surface area contributed by atoms with Crippen molar-refractivity contribution < 1.29 is 9.59 Å². The Hall–Kier alpha value is -2.74. The Kier molecular flexibility index (Phi) is 7.84. The van der Waals surface area contributed by atoms with Gasteiger partial charge in [0.15, 0.2) is 0 Å². The molecule has 0 unspecified atom stereocenters. The molecule has 0 aromatic heterocycles. The summed E-state index contributed by atoms with van der Waals surface area (Å²) < 4.78 is 0. The Morgan fingerprint density at radius 1 is 0.810 bits per heavy atom. The molecule has 21 heavy (non-hydrogen) atoms. The second-order valence-corrected chi connectivity index (χ2v) is 4.32. The van der Waals surface area contributed by atoms with E-state index >= 15 is 0 Å². The zero-order valence-corrected chi connectivity index (χ0v) is 12.0. The van der Waals surface area contributed by atoms with E-state index in [1.165, 1.54) is 6.08 Å². The Bertz CT molecular complexity index is 596. The van der Waals surface area contributed by atoms with E-state index < -0.39 is 0 Å². The van der Waals surface area contributed by atoms with Crippen LogP contribution in [0.1, 0.15) is 18.1 Å². The van der Waals surface area contributed by atoms with E-state index in [1.54, 1.807) is 13.0 Å². The highest BCUT2D eigenvalue weighted by Gasteiger charge is 1.86. The molecule has 0 atom stereocenters. The Morgan fingerprint density at radius 2 is 1.33 bits per heavy atom. The third-order valence-corrected chi connectivity index (χ3v) is 2.55. The van der Waals surface area contributed by atoms with Crippen LogP contribution in [0.5, 0.6) is 0 Å². The first-order chi connectivity index (χ1) is 10.3. The van der Waals surface area contributed by atoms with Crippen molar-refractivity contribution in [3.8, 4) is 0 Å². The van der Waals surface area contributed by atoms with E-state index in [-0.39, 0.29) is 0 Å². The summed E-state index contributed by atoms with van der Waals surface area (Å²) in [6.45, 7) is 1.79. The molecule has 0 aliphatic heterocycles. The monoisotopic (exact) mass is 278 g/mol. The number of aldehydes is 2. The van der Waals surface area contributed by atoms with E-state index in [2.05, 4.69) is 0 Å². The van der Waals surface area contributed by atoms with Gasteiger partial charge in [0.25, 0.3) is 0 Å². The van der Waals surface area contributed by atoms with Gasteiger partial charge in [0.2, 0.25) is 0 Å². The van der Waals surface area contributed by atoms with Crippen LogP contribution in [-0.2, 0) is 9.59 Å². The minimum atomic E-state index is 0.746. The molecule has 2 aromatic carbocycles. The van der Waals surface area contributed by atoms with Crippen LogP contribution in [0.4, 0.5) is 0 Å². The first-order valence-electron chi connectivity index (χ1n) is 6.61. The fourth-order valence-corrected chi connectivity index (χ4v) is 1.56. The second kappa shape index (κ2) is 10.1. The molecule has 0 amide bonds. The lowest BCUT2D eigenvalue weighted by Crippen LogP contribution is -1.76. The summed E-state index contributed by atoms with van der Waals surface area (Å²) in [6, 6.07) is 19.5. The summed E-state index contributed by atoms with van der Waals surface area (Å²) in [7, 11) is 0. The number of allylic oxidation sites excluding steroid dienone is 2. The number of carbonyl (C=O) groups is 2. The predicted molar refractivity (Wildman–Crippen MR) is 87.7 cm³/mol. The van der Waals surface area contributed by atoms with E-state index in [9.17, 15) is 9.59 Å². The second-order valence-electron chi connectivity index (χ2n) is 4.32. The summed E-state index contributed by atoms with van der Waals surface area (Å²) in [5.41, 5.74) is 2.86. The maximum Gasteiger partial charge on any atom is 0.145 e. The Labute approximate surface area is 125 Å². The zero-order valence-electron chi connectivity index (χ0n) is 12.0. The van der Waals surface area contributed by atoms with Gasteiger partial charge in [-0.3, -0.25) is 9.59 Å². The normalized spacial score (nSPS) is 10.6. The molecule has 2 aromatic rings. The number of hydrogen-bond donors (Lipinski definition) is 0. The summed E-state index contributed by atoms with van der Waals surface area (Å²) in [6.07, 6.45) is 6.73. The highest BCUT2D eigenvalue weighted by molar-refractivity contribution is 5.80. The van der Waals surface area contributed by atoms with E-state index in [0.29, 0.717) is 0 Å². The number of benzene rings is 2. The van der Waals surface area contributed by atoms with Crippen LogP contribution in [0, 0.1) is 0 Å². The molecule has 0 heterocycles. The topological polar surface area (TPSA) is 34.1 Å². The first-order valence-corrected chi connectivity index (χ1v) is 6.61. The molecule has 0 aliphatic rings. The molecule has 0 fully saturated rings. The smallest absolute Gasteiger partial charge is 0.145 e. The lowest BCUT2D eigenvalue weighted by atomic mass is 10.1. The fourth-order valence-electron chi connectivity index (χ4n) is 1.56. The maximum atomic E-state index is 10.2. The molecular formula is C19H18O2. The molecular weight excluding hydrogens is 260 g/mol. The molecule has 0 saturated carbocycles. The summed E-state index contributed by atoms with van der Waals surface area (Å²) in [5.74, 6) is 0. The molecule has 2 rings (SSSR count). The SMILES string of the molecule is CC(C=O)=Cc1ccccc1.O=CC=Cc1ccccc1. The molecule has 0 radical (unpaired) electrons. The number of rotatable bonds is 4. The first kappa shape index (κ1) is 16.3. The molecule has 106 valence electrons. The highest BCUT2D eigenvalue weighted by atomic mass is 16.1. The van der Waals surface area contributed by atoms with Crippen molar-refractivity contribution in [3.63, 3.8) is 0 Å². The van der Waals surface area contributed by atoms with Crippen LogP contribution in [0.3, 0.4) is 0 Å². The quantitative estimate of drug-likeness (QED) is 0.621. The average molecular weight is 278 g/mol. The lowest BCUT2D eigenvalue weighted by Gasteiger charge is -1.90. The van der Waals surface area contributed by atoms with Crippen LogP contribution in [0.25, 0.3) is 12.2 Å². The van der Waals surface area contributed by atoms with E-state index in [4.69, 9.17) is 0 Å². The van der Waals surface area contributed by atoms with Crippen molar-refractivity contribution in [2.45, 2.75) is 6.92 Å². The molecule has 0 N–H and O–H groups in total. The van der Waals surface area contributed by atoms with Crippen LogP contribution >= 0.6 is 0 Å². The van der Waals surface area contributed by atoms with Crippen LogP contribution in [-0.4, -0.2) is 12.6 Å². The van der Waals surface area contributed by atoms with Crippen molar-refractivity contribution in [1.82, 2.24) is 0 Å². The van der Waals surface area contributed by atoms with Gasteiger partial charge in [0, 0.05) is 0 Å². The molecule has 0 spiro atoms. The Morgan fingerprint density at radius 3 is 1.81 bits per heavy atom. The third-order valence-electron chi connectivity index (χ3n) is 2.55. The average Bonchev–Trinajstić information content (AvgIpc) is 2.55.